The number of halogens is 2. The van der Waals surface area contributed by atoms with Crippen molar-refractivity contribution in [2.24, 2.45) is 0 Å². The number of rotatable bonds is 3. The number of amides is 1. The third-order valence-corrected chi connectivity index (χ3v) is 3.47. The normalized spacial score (nSPS) is 10.2. The number of phenolic OH excluding ortho intramolecular Hbond substituents is 1. The van der Waals surface area contributed by atoms with Crippen LogP contribution >= 0.6 is 23.2 Å². The lowest BCUT2D eigenvalue weighted by atomic mass is 10.1. The van der Waals surface area contributed by atoms with Gasteiger partial charge in [-0.3, -0.25) is 14.9 Å². The van der Waals surface area contributed by atoms with Gasteiger partial charge in [-0.15, -0.1) is 0 Å². The first-order valence-electron chi connectivity index (χ1n) is 5.63. The van der Waals surface area contributed by atoms with Crippen molar-refractivity contribution in [2.75, 3.05) is 5.32 Å². The molecule has 2 N–H and O–H groups in total. The second kappa shape index (κ2) is 5.99. The summed E-state index contributed by atoms with van der Waals surface area (Å²) >= 11 is 11.7. The zero-order chi connectivity index (χ0) is 15.6. The summed E-state index contributed by atoms with van der Waals surface area (Å²) in [5.74, 6) is -1.45. The molecule has 0 saturated heterocycles. The number of carbonyl (C=O) groups excluding carboxylic acids is 1. The topological polar surface area (TPSA) is 92.5 Å². The molecule has 0 bridgehead atoms. The van der Waals surface area contributed by atoms with E-state index in [2.05, 4.69) is 5.32 Å². The Morgan fingerprint density at radius 3 is 2.52 bits per heavy atom. The number of anilines is 1. The van der Waals surface area contributed by atoms with Crippen LogP contribution in [0.4, 0.5) is 11.4 Å². The molecule has 2 aromatic rings. The lowest BCUT2D eigenvalue weighted by molar-refractivity contribution is -0.385. The van der Waals surface area contributed by atoms with Crippen LogP contribution < -0.4 is 5.32 Å². The number of benzene rings is 2. The highest BCUT2D eigenvalue weighted by molar-refractivity contribution is 6.44. The minimum Gasteiger partial charge on any atom is -0.502 e. The van der Waals surface area contributed by atoms with Crippen molar-refractivity contribution < 1.29 is 14.8 Å². The molecule has 0 aromatic heterocycles. The van der Waals surface area contributed by atoms with Gasteiger partial charge in [-0.05, 0) is 18.2 Å². The van der Waals surface area contributed by atoms with Crippen molar-refractivity contribution in [1.29, 1.82) is 0 Å². The maximum atomic E-state index is 12.1. The number of hydrogen-bond donors (Lipinski definition) is 2. The lowest BCUT2D eigenvalue weighted by Crippen LogP contribution is -2.13. The number of phenols is 1. The van der Waals surface area contributed by atoms with Gasteiger partial charge < -0.3 is 10.4 Å². The van der Waals surface area contributed by atoms with Crippen LogP contribution in [0.2, 0.25) is 10.0 Å². The minimum atomic E-state index is -0.779. The number of carbonyl (C=O) groups is 1. The highest BCUT2D eigenvalue weighted by Crippen LogP contribution is 2.32. The Hall–Kier alpha value is -2.31. The summed E-state index contributed by atoms with van der Waals surface area (Å²) in [6, 6.07) is 8.29. The first-order valence-corrected chi connectivity index (χ1v) is 6.39. The van der Waals surface area contributed by atoms with E-state index in [0.717, 1.165) is 6.07 Å². The third kappa shape index (κ3) is 3.07. The molecule has 0 aliphatic carbocycles. The number of nitro groups is 1. The quantitative estimate of drug-likeness (QED) is 0.661. The number of nitrogens with zero attached hydrogens (tertiary/aromatic N) is 1. The van der Waals surface area contributed by atoms with Gasteiger partial charge in [0.15, 0.2) is 0 Å². The van der Waals surface area contributed by atoms with E-state index >= 15 is 0 Å². The number of nitro benzene ring substituents is 1. The Kier molecular flexibility index (Phi) is 4.30. The summed E-state index contributed by atoms with van der Waals surface area (Å²) < 4.78 is 0. The van der Waals surface area contributed by atoms with E-state index in [1.54, 1.807) is 12.1 Å². The van der Waals surface area contributed by atoms with Crippen LogP contribution in [0, 0.1) is 10.1 Å². The summed E-state index contributed by atoms with van der Waals surface area (Å²) in [6.07, 6.45) is 0. The molecule has 0 aliphatic rings. The van der Waals surface area contributed by atoms with Crippen LogP contribution in [0.5, 0.6) is 5.75 Å². The van der Waals surface area contributed by atoms with Crippen LogP contribution in [0.3, 0.4) is 0 Å². The van der Waals surface area contributed by atoms with E-state index in [1.165, 1.54) is 18.2 Å². The van der Waals surface area contributed by atoms with Crippen molar-refractivity contribution in [2.45, 2.75) is 0 Å². The fraction of sp³-hybridized carbons (Fsp3) is 0. The summed E-state index contributed by atoms with van der Waals surface area (Å²) in [7, 11) is 0. The largest absolute Gasteiger partial charge is 0.502 e. The van der Waals surface area contributed by atoms with Gasteiger partial charge in [0.2, 0.25) is 5.75 Å². The molecule has 2 rings (SSSR count). The van der Waals surface area contributed by atoms with Gasteiger partial charge in [-0.2, -0.15) is 0 Å². The monoisotopic (exact) mass is 326 g/mol. The Balaban J connectivity index is 2.35. The van der Waals surface area contributed by atoms with Gasteiger partial charge in [0.25, 0.3) is 5.91 Å². The zero-order valence-corrected chi connectivity index (χ0v) is 11.9. The van der Waals surface area contributed by atoms with Crippen molar-refractivity contribution in [3.05, 3.63) is 62.1 Å². The average Bonchev–Trinajstić information content (AvgIpc) is 2.43. The average molecular weight is 327 g/mol. The summed E-state index contributed by atoms with van der Waals surface area (Å²) in [4.78, 5) is 22.0. The fourth-order valence-corrected chi connectivity index (χ4v) is 2.00. The highest BCUT2D eigenvalue weighted by atomic mass is 35.5. The van der Waals surface area contributed by atoms with Gasteiger partial charge in [0.05, 0.1) is 26.2 Å². The smallest absolute Gasteiger partial charge is 0.311 e. The molecule has 0 fully saturated rings. The SMILES string of the molecule is O=C(Nc1cccc(Cl)c1Cl)c1cccc([N+](=O)[O-])c1O. The van der Waals surface area contributed by atoms with Crippen LogP contribution in [-0.2, 0) is 0 Å². The molecule has 0 heterocycles. The molecule has 0 atom stereocenters. The van der Waals surface area contributed by atoms with Crippen LogP contribution in [0.1, 0.15) is 10.4 Å². The Bertz CT molecular complexity index is 734. The highest BCUT2D eigenvalue weighted by Gasteiger charge is 2.21. The van der Waals surface area contributed by atoms with E-state index < -0.39 is 22.3 Å². The zero-order valence-electron chi connectivity index (χ0n) is 10.3. The Morgan fingerprint density at radius 1 is 1.19 bits per heavy atom. The number of para-hydroxylation sites is 1. The number of hydrogen-bond acceptors (Lipinski definition) is 4. The fourth-order valence-electron chi connectivity index (χ4n) is 1.65. The maximum absolute atomic E-state index is 12.1. The second-order valence-corrected chi connectivity index (χ2v) is 4.77. The van der Waals surface area contributed by atoms with Gasteiger partial charge in [-0.25, -0.2) is 0 Å². The van der Waals surface area contributed by atoms with E-state index in [4.69, 9.17) is 23.2 Å². The molecule has 0 spiro atoms. The lowest BCUT2D eigenvalue weighted by Gasteiger charge is -2.09. The molecule has 6 nitrogen and oxygen atoms in total. The van der Waals surface area contributed by atoms with Gasteiger partial charge in [0.1, 0.15) is 0 Å². The van der Waals surface area contributed by atoms with Crippen LogP contribution in [-0.4, -0.2) is 15.9 Å². The standard InChI is InChI=1S/C13H8Cl2N2O4/c14-8-4-2-5-9(11(8)15)16-13(19)7-3-1-6-10(12(7)18)17(20)21/h1-6,18H,(H,16,19). The van der Waals surface area contributed by atoms with Gasteiger partial charge >= 0.3 is 5.69 Å². The van der Waals surface area contributed by atoms with Crippen molar-refractivity contribution >= 4 is 40.5 Å². The predicted molar refractivity (Wildman–Crippen MR) is 79.2 cm³/mol. The van der Waals surface area contributed by atoms with Gasteiger partial charge in [-0.1, -0.05) is 35.3 Å². The second-order valence-electron chi connectivity index (χ2n) is 3.99. The molecular weight excluding hydrogens is 319 g/mol. The third-order valence-electron chi connectivity index (χ3n) is 2.66. The molecule has 2 aromatic carbocycles. The van der Waals surface area contributed by atoms with Crippen molar-refractivity contribution in [3.8, 4) is 5.75 Å². The number of nitrogens with one attached hydrogen (secondary N) is 1. The first kappa shape index (κ1) is 15.1. The van der Waals surface area contributed by atoms with Crippen molar-refractivity contribution in [1.82, 2.24) is 0 Å². The molecule has 108 valence electrons. The van der Waals surface area contributed by atoms with E-state index in [0.29, 0.717) is 0 Å². The molecule has 1 amide bonds. The molecule has 8 heteroatoms. The molecule has 0 aliphatic heterocycles. The van der Waals surface area contributed by atoms with Gasteiger partial charge in [0, 0.05) is 6.07 Å². The first-order chi connectivity index (χ1) is 9.91. The van der Waals surface area contributed by atoms with E-state index in [1.807, 2.05) is 0 Å². The van der Waals surface area contributed by atoms with Crippen LogP contribution in [0.15, 0.2) is 36.4 Å². The number of aromatic hydroxyl groups is 1. The van der Waals surface area contributed by atoms with E-state index in [-0.39, 0.29) is 21.3 Å². The van der Waals surface area contributed by atoms with E-state index in [9.17, 15) is 20.0 Å². The molecule has 0 saturated carbocycles. The summed E-state index contributed by atoms with van der Waals surface area (Å²) in [5.41, 5.74) is -0.555. The summed E-state index contributed by atoms with van der Waals surface area (Å²) in [5, 5.41) is 23.3. The van der Waals surface area contributed by atoms with Crippen molar-refractivity contribution in [3.63, 3.8) is 0 Å². The predicted octanol–water partition coefficient (Wildman–Crippen LogP) is 3.86. The molecule has 0 radical (unpaired) electrons. The molecule has 0 unspecified atom stereocenters. The Labute approximate surface area is 129 Å². The molecule has 21 heavy (non-hydrogen) atoms. The maximum Gasteiger partial charge on any atom is 0.311 e. The van der Waals surface area contributed by atoms with Crippen LogP contribution in [0.25, 0.3) is 0 Å². The Morgan fingerprint density at radius 2 is 1.86 bits per heavy atom. The summed E-state index contributed by atoms with van der Waals surface area (Å²) in [6.45, 7) is 0. The minimum absolute atomic E-state index is 0.137. The molecular formula is C13H8Cl2N2O4.